The molecule has 0 aliphatic heterocycles. The Bertz CT molecular complexity index is 784. The molecule has 0 N–H and O–H groups in total. The number of rotatable bonds is 6. The number of hydrogen-bond donors (Lipinski definition) is 0. The summed E-state index contributed by atoms with van der Waals surface area (Å²) < 4.78 is 50.9. The molecule has 2 aromatic carbocycles. The smallest absolute Gasteiger partial charge is 0.310 e. The number of carbonyl (C=O) groups excluding carboxylic acids is 1. The summed E-state index contributed by atoms with van der Waals surface area (Å²) in [5.41, 5.74) is -0.259. The predicted molar refractivity (Wildman–Crippen MR) is 90.9 cm³/mol. The van der Waals surface area contributed by atoms with E-state index in [-0.39, 0.29) is 40.7 Å². The maximum absolute atomic E-state index is 14.6. The molecule has 8 heteroatoms. The number of esters is 1. The Labute approximate surface area is 155 Å². The first-order valence-electron chi connectivity index (χ1n) is 7.20. The molecule has 134 valence electrons. The van der Waals surface area contributed by atoms with E-state index in [1.807, 2.05) is 0 Å². The fraction of sp³-hybridized carbons (Fsp3) is 0.235. The zero-order valence-electron chi connectivity index (χ0n) is 13.0. The Kier molecular flexibility index (Phi) is 6.72. The van der Waals surface area contributed by atoms with Crippen molar-refractivity contribution < 1.29 is 27.4 Å². The third-order valence-electron chi connectivity index (χ3n) is 3.13. The van der Waals surface area contributed by atoms with Crippen molar-refractivity contribution in [3.05, 3.63) is 56.8 Å². The molecule has 0 atom stereocenters. The Morgan fingerprint density at radius 1 is 1.28 bits per heavy atom. The number of carbonyl (C=O) groups is 1. The minimum absolute atomic E-state index is 0.0150. The van der Waals surface area contributed by atoms with Gasteiger partial charge in [-0.05, 0) is 31.2 Å². The molecule has 0 amide bonds. The third-order valence-corrected chi connectivity index (χ3v) is 3.89. The molecule has 0 aromatic heterocycles. The molecule has 0 saturated heterocycles. The van der Waals surface area contributed by atoms with Gasteiger partial charge < -0.3 is 9.47 Å². The fourth-order valence-electron chi connectivity index (χ4n) is 2.06. The van der Waals surface area contributed by atoms with Gasteiger partial charge in [-0.2, -0.15) is 0 Å². The van der Waals surface area contributed by atoms with E-state index < -0.39 is 18.2 Å². The average molecular weight is 438 g/mol. The molecule has 2 aromatic rings. The summed E-state index contributed by atoms with van der Waals surface area (Å²) in [6, 6.07) is 6.42. The van der Waals surface area contributed by atoms with Crippen molar-refractivity contribution in [1.29, 1.82) is 0 Å². The van der Waals surface area contributed by atoms with Crippen molar-refractivity contribution in [2.45, 2.75) is 19.8 Å². The normalized spacial score (nSPS) is 10.8. The van der Waals surface area contributed by atoms with Gasteiger partial charge in [0.1, 0.15) is 5.75 Å². The van der Waals surface area contributed by atoms with Gasteiger partial charge in [-0.3, -0.25) is 4.79 Å². The minimum atomic E-state index is -2.71. The molecular weight excluding hydrogens is 425 g/mol. The summed E-state index contributed by atoms with van der Waals surface area (Å²) in [4.78, 5) is 11.5. The number of alkyl halides is 2. The molecule has 0 fully saturated rings. The van der Waals surface area contributed by atoms with Gasteiger partial charge in [0.25, 0.3) is 6.43 Å². The van der Waals surface area contributed by atoms with E-state index in [1.165, 1.54) is 24.3 Å². The standard InChI is InChI=1S/C17H13BrClF3O3/c1-2-24-14(23)7-9-3-4-13(19)16(15(9)20)25-12-6-10(17(21)22)5-11(18)8-12/h3-6,8,17H,2,7H2,1H3. The summed E-state index contributed by atoms with van der Waals surface area (Å²) in [7, 11) is 0. The van der Waals surface area contributed by atoms with Crippen LogP contribution >= 0.6 is 27.5 Å². The Morgan fingerprint density at radius 3 is 2.64 bits per heavy atom. The van der Waals surface area contributed by atoms with Crippen LogP contribution in [0.15, 0.2) is 34.8 Å². The zero-order valence-corrected chi connectivity index (χ0v) is 15.3. The SMILES string of the molecule is CCOC(=O)Cc1ccc(Cl)c(Oc2cc(Br)cc(C(F)F)c2)c1F. The first kappa shape index (κ1) is 19.6. The van der Waals surface area contributed by atoms with Gasteiger partial charge in [0.2, 0.25) is 0 Å². The maximum Gasteiger partial charge on any atom is 0.310 e. The van der Waals surface area contributed by atoms with Crippen molar-refractivity contribution in [2.75, 3.05) is 6.61 Å². The first-order chi connectivity index (χ1) is 11.8. The highest BCUT2D eigenvalue weighted by Crippen LogP contribution is 2.36. The van der Waals surface area contributed by atoms with E-state index >= 15 is 0 Å². The highest BCUT2D eigenvalue weighted by molar-refractivity contribution is 9.10. The Morgan fingerprint density at radius 2 is 2.00 bits per heavy atom. The highest BCUT2D eigenvalue weighted by Gasteiger charge is 2.18. The average Bonchev–Trinajstić information content (AvgIpc) is 2.54. The summed E-state index contributed by atoms with van der Waals surface area (Å²) >= 11 is 9.05. The lowest BCUT2D eigenvalue weighted by atomic mass is 10.1. The predicted octanol–water partition coefficient (Wildman–Crippen LogP) is 6.08. The van der Waals surface area contributed by atoms with Gasteiger partial charge in [-0.25, -0.2) is 13.2 Å². The lowest BCUT2D eigenvalue weighted by molar-refractivity contribution is -0.142. The number of ether oxygens (including phenoxy) is 2. The minimum Gasteiger partial charge on any atom is -0.466 e. The maximum atomic E-state index is 14.6. The van der Waals surface area contributed by atoms with E-state index in [0.29, 0.717) is 4.47 Å². The van der Waals surface area contributed by atoms with Gasteiger partial charge in [0.15, 0.2) is 11.6 Å². The van der Waals surface area contributed by atoms with Crippen LogP contribution < -0.4 is 4.74 Å². The van der Waals surface area contributed by atoms with Crippen molar-refractivity contribution in [3.8, 4) is 11.5 Å². The van der Waals surface area contributed by atoms with Crippen LogP contribution in [0, 0.1) is 5.82 Å². The van der Waals surface area contributed by atoms with Gasteiger partial charge in [0, 0.05) is 15.6 Å². The van der Waals surface area contributed by atoms with Gasteiger partial charge in [0.05, 0.1) is 18.1 Å². The van der Waals surface area contributed by atoms with E-state index in [1.54, 1.807) is 6.92 Å². The van der Waals surface area contributed by atoms with Crippen molar-refractivity contribution >= 4 is 33.5 Å². The molecule has 25 heavy (non-hydrogen) atoms. The molecule has 0 unspecified atom stereocenters. The zero-order chi connectivity index (χ0) is 18.6. The summed E-state index contributed by atoms with van der Waals surface area (Å²) in [5, 5.41) is -0.0521. The second kappa shape index (κ2) is 8.58. The van der Waals surface area contributed by atoms with Crippen LogP contribution in [0.1, 0.15) is 24.5 Å². The van der Waals surface area contributed by atoms with E-state index in [9.17, 15) is 18.0 Å². The molecule has 0 radical (unpaired) electrons. The van der Waals surface area contributed by atoms with Crippen LogP contribution in [-0.2, 0) is 16.0 Å². The van der Waals surface area contributed by atoms with Crippen molar-refractivity contribution in [1.82, 2.24) is 0 Å². The lowest BCUT2D eigenvalue weighted by Crippen LogP contribution is -2.09. The molecule has 0 aliphatic rings. The first-order valence-corrected chi connectivity index (χ1v) is 8.38. The second-order valence-electron chi connectivity index (χ2n) is 4.95. The molecule has 0 heterocycles. The third kappa shape index (κ3) is 5.12. The lowest BCUT2D eigenvalue weighted by Gasteiger charge is -2.13. The summed E-state index contributed by atoms with van der Waals surface area (Å²) in [5.74, 6) is -1.81. The van der Waals surface area contributed by atoms with Crippen LogP contribution in [-0.4, -0.2) is 12.6 Å². The van der Waals surface area contributed by atoms with Crippen LogP contribution in [0.25, 0.3) is 0 Å². The molecule has 3 nitrogen and oxygen atoms in total. The van der Waals surface area contributed by atoms with Gasteiger partial charge >= 0.3 is 5.97 Å². The molecule has 0 spiro atoms. The quantitative estimate of drug-likeness (QED) is 0.514. The van der Waals surface area contributed by atoms with Crippen LogP contribution in [0.3, 0.4) is 0 Å². The van der Waals surface area contributed by atoms with Crippen molar-refractivity contribution in [2.24, 2.45) is 0 Å². The molecule has 0 bridgehead atoms. The van der Waals surface area contributed by atoms with Crippen LogP contribution in [0.2, 0.25) is 5.02 Å². The second-order valence-corrected chi connectivity index (χ2v) is 6.28. The largest absolute Gasteiger partial charge is 0.466 e. The molecule has 2 rings (SSSR count). The van der Waals surface area contributed by atoms with Crippen molar-refractivity contribution in [3.63, 3.8) is 0 Å². The van der Waals surface area contributed by atoms with Gasteiger partial charge in [-0.15, -0.1) is 0 Å². The number of hydrogen-bond acceptors (Lipinski definition) is 3. The van der Waals surface area contributed by atoms with Crippen LogP contribution in [0.5, 0.6) is 11.5 Å². The number of halogens is 5. The molecule has 0 aliphatic carbocycles. The van der Waals surface area contributed by atoms with E-state index in [0.717, 1.165) is 6.07 Å². The monoisotopic (exact) mass is 436 g/mol. The highest BCUT2D eigenvalue weighted by atomic mass is 79.9. The number of benzene rings is 2. The van der Waals surface area contributed by atoms with Gasteiger partial charge in [-0.1, -0.05) is 33.6 Å². The van der Waals surface area contributed by atoms with E-state index in [2.05, 4.69) is 15.9 Å². The van der Waals surface area contributed by atoms with E-state index in [4.69, 9.17) is 21.1 Å². The van der Waals surface area contributed by atoms with Crippen LogP contribution in [0.4, 0.5) is 13.2 Å². The Balaban J connectivity index is 2.35. The Hall–Kier alpha value is -1.73. The molecular formula is C17H13BrClF3O3. The fourth-order valence-corrected chi connectivity index (χ4v) is 2.73. The summed E-state index contributed by atoms with van der Waals surface area (Å²) in [6.45, 7) is 1.81. The molecule has 0 saturated carbocycles. The topological polar surface area (TPSA) is 35.5 Å². The summed E-state index contributed by atoms with van der Waals surface area (Å²) in [6.07, 6.45) is -3.01.